The van der Waals surface area contributed by atoms with Crippen LogP contribution >= 0.6 is 0 Å². The Kier molecular flexibility index (Phi) is 7.14. The number of fused-ring (bicyclic) bond motifs is 2. The highest BCUT2D eigenvalue weighted by Crippen LogP contribution is 2.36. The molecule has 1 amide bonds. The van der Waals surface area contributed by atoms with Crippen LogP contribution in [0, 0.1) is 0 Å². The summed E-state index contributed by atoms with van der Waals surface area (Å²) in [5.41, 5.74) is 6.53. The predicted octanol–water partition coefficient (Wildman–Crippen LogP) is 6.48. The van der Waals surface area contributed by atoms with Crippen molar-refractivity contribution in [2.75, 3.05) is 6.61 Å². The molecule has 6 heteroatoms. The molecule has 0 aliphatic heterocycles. The molecule has 0 radical (unpaired) electrons. The molecule has 6 nitrogen and oxygen atoms in total. The molecule has 0 atom stereocenters. The summed E-state index contributed by atoms with van der Waals surface area (Å²) < 4.78 is 10.7. The molecular weight excluding hydrogens is 476 g/mol. The van der Waals surface area contributed by atoms with Crippen LogP contribution < -0.4 is 5.32 Å². The average molecular weight is 509 g/mol. The Morgan fingerprint density at radius 1 is 1.03 bits per heavy atom. The topological polar surface area (TPSA) is 81.4 Å². The van der Waals surface area contributed by atoms with Crippen molar-refractivity contribution in [2.24, 2.45) is 0 Å². The van der Waals surface area contributed by atoms with E-state index in [1.54, 1.807) is 18.4 Å². The lowest BCUT2D eigenvalue weighted by Crippen LogP contribution is -2.28. The summed E-state index contributed by atoms with van der Waals surface area (Å²) in [5.74, 6) is -0.267. The highest BCUT2D eigenvalue weighted by molar-refractivity contribution is 6.07. The highest BCUT2D eigenvalue weighted by atomic mass is 16.5. The third-order valence-electron chi connectivity index (χ3n) is 6.87. The summed E-state index contributed by atoms with van der Waals surface area (Å²) in [6.07, 6.45) is 6.22. The molecular formula is C32H32N2O4. The number of aromatic nitrogens is 1. The van der Waals surface area contributed by atoms with Gasteiger partial charge in [0.1, 0.15) is 5.76 Å². The summed E-state index contributed by atoms with van der Waals surface area (Å²) in [6, 6.07) is 19.7. The van der Waals surface area contributed by atoms with Crippen LogP contribution in [0.1, 0.15) is 72.1 Å². The summed E-state index contributed by atoms with van der Waals surface area (Å²) in [5, 5.41) is 3.45. The van der Waals surface area contributed by atoms with Crippen molar-refractivity contribution in [2.45, 2.75) is 52.0 Å². The first-order valence-corrected chi connectivity index (χ1v) is 13.0. The number of hydrogen-bond acceptors (Lipinski definition) is 5. The van der Waals surface area contributed by atoms with Gasteiger partial charge in [-0.05, 0) is 71.2 Å². The van der Waals surface area contributed by atoms with Gasteiger partial charge in [0.05, 0.1) is 29.6 Å². The largest absolute Gasteiger partial charge is 0.467 e. The molecule has 0 unspecified atom stereocenters. The lowest BCUT2D eigenvalue weighted by atomic mass is 9.85. The second-order valence-corrected chi connectivity index (χ2v) is 10.7. The van der Waals surface area contributed by atoms with Gasteiger partial charge in [-0.3, -0.25) is 4.79 Å². The fourth-order valence-corrected chi connectivity index (χ4v) is 4.84. The predicted molar refractivity (Wildman–Crippen MR) is 149 cm³/mol. The molecule has 0 saturated carbocycles. The Bertz CT molecular complexity index is 1490. The number of carbonyl (C=O) groups is 2. The summed E-state index contributed by atoms with van der Waals surface area (Å²) in [4.78, 5) is 30.7. The van der Waals surface area contributed by atoms with Gasteiger partial charge in [0, 0.05) is 5.39 Å². The second-order valence-electron chi connectivity index (χ2n) is 10.7. The standard InChI is InChI=1S/C32H32N2O4/c1-32(2,3)23-15-13-21(14-16-23)18-22-8-6-11-26-29(25-10-4-5-12-27(25)34-30(22)26)31(36)38-20-28(35)33-19-24-9-7-17-37-24/h4-5,7,9-10,12-18H,6,8,11,19-20H2,1-3H3,(H,33,35). The molecule has 38 heavy (non-hydrogen) atoms. The molecule has 2 aromatic carbocycles. The zero-order chi connectivity index (χ0) is 26.7. The van der Waals surface area contributed by atoms with E-state index in [0.717, 1.165) is 52.6 Å². The number of hydrogen-bond donors (Lipinski definition) is 1. The Balaban J connectivity index is 1.43. The van der Waals surface area contributed by atoms with Crippen LogP contribution in [0.25, 0.3) is 22.6 Å². The molecule has 0 fully saturated rings. The van der Waals surface area contributed by atoms with E-state index in [1.165, 1.54) is 5.56 Å². The van der Waals surface area contributed by atoms with Crippen LogP contribution in [0.5, 0.6) is 0 Å². The van der Waals surface area contributed by atoms with Gasteiger partial charge in [-0.1, -0.05) is 63.2 Å². The molecule has 1 aliphatic rings. The van der Waals surface area contributed by atoms with Crippen molar-refractivity contribution < 1.29 is 18.7 Å². The summed E-state index contributed by atoms with van der Waals surface area (Å²) in [7, 11) is 0. The molecule has 4 aromatic rings. The minimum absolute atomic E-state index is 0.0918. The first-order chi connectivity index (χ1) is 18.3. The van der Waals surface area contributed by atoms with Crippen LogP contribution in [0.3, 0.4) is 0 Å². The van der Waals surface area contributed by atoms with Gasteiger partial charge in [0.25, 0.3) is 5.91 Å². The van der Waals surface area contributed by atoms with Gasteiger partial charge in [-0.25, -0.2) is 9.78 Å². The molecule has 1 N–H and O–H groups in total. The number of para-hydroxylation sites is 1. The lowest BCUT2D eigenvalue weighted by Gasteiger charge is -2.23. The first kappa shape index (κ1) is 25.5. The van der Waals surface area contributed by atoms with Crippen molar-refractivity contribution in [3.63, 3.8) is 0 Å². The van der Waals surface area contributed by atoms with Gasteiger partial charge >= 0.3 is 5.97 Å². The Morgan fingerprint density at radius 2 is 1.82 bits per heavy atom. The smallest absolute Gasteiger partial charge is 0.339 e. The average Bonchev–Trinajstić information content (AvgIpc) is 3.43. The zero-order valence-electron chi connectivity index (χ0n) is 22.0. The molecule has 194 valence electrons. The maximum Gasteiger partial charge on any atom is 0.339 e. The third-order valence-corrected chi connectivity index (χ3v) is 6.87. The van der Waals surface area contributed by atoms with Gasteiger partial charge in [0.15, 0.2) is 6.61 Å². The van der Waals surface area contributed by atoms with E-state index in [-0.39, 0.29) is 24.5 Å². The first-order valence-electron chi connectivity index (χ1n) is 13.0. The number of carbonyl (C=O) groups excluding carboxylic acids is 2. The number of benzene rings is 2. The van der Waals surface area contributed by atoms with Crippen molar-refractivity contribution in [1.82, 2.24) is 10.3 Å². The lowest BCUT2D eigenvalue weighted by molar-refractivity contribution is -0.124. The third kappa shape index (κ3) is 5.54. The molecule has 0 bridgehead atoms. The van der Waals surface area contributed by atoms with Gasteiger partial charge < -0.3 is 14.5 Å². The summed E-state index contributed by atoms with van der Waals surface area (Å²) >= 11 is 0. The minimum Gasteiger partial charge on any atom is -0.467 e. The Morgan fingerprint density at radius 3 is 2.55 bits per heavy atom. The van der Waals surface area contributed by atoms with E-state index < -0.39 is 5.97 Å². The van der Waals surface area contributed by atoms with E-state index in [1.807, 2.05) is 24.3 Å². The van der Waals surface area contributed by atoms with Gasteiger partial charge in [0.2, 0.25) is 0 Å². The van der Waals surface area contributed by atoms with Crippen LogP contribution in [0.15, 0.2) is 71.3 Å². The number of rotatable bonds is 6. The molecule has 1 aliphatic carbocycles. The van der Waals surface area contributed by atoms with Gasteiger partial charge in [-0.2, -0.15) is 0 Å². The Labute approximate surface area is 222 Å². The molecule has 2 heterocycles. The number of pyridine rings is 1. The quantitative estimate of drug-likeness (QED) is 0.302. The zero-order valence-corrected chi connectivity index (χ0v) is 22.0. The fourth-order valence-electron chi connectivity index (χ4n) is 4.84. The number of nitrogens with zero attached hydrogens (tertiary/aromatic N) is 1. The molecule has 5 rings (SSSR count). The van der Waals surface area contributed by atoms with E-state index >= 15 is 0 Å². The second kappa shape index (κ2) is 10.7. The van der Waals surface area contributed by atoms with E-state index in [4.69, 9.17) is 14.1 Å². The van der Waals surface area contributed by atoms with E-state index in [9.17, 15) is 9.59 Å². The number of allylic oxidation sites excluding steroid dienone is 1. The van der Waals surface area contributed by atoms with E-state index in [2.05, 4.69) is 56.4 Å². The molecule has 0 saturated heterocycles. The van der Waals surface area contributed by atoms with E-state index in [0.29, 0.717) is 11.3 Å². The van der Waals surface area contributed by atoms with Crippen molar-refractivity contribution in [1.29, 1.82) is 0 Å². The monoisotopic (exact) mass is 508 g/mol. The van der Waals surface area contributed by atoms with Crippen molar-refractivity contribution >= 4 is 34.4 Å². The normalized spacial score (nSPS) is 14.3. The molecule has 0 spiro atoms. The van der Waals surface area contributed by atoms with Crippen LogP contribution in [-0.2, 0) is 27.9 Å². The van der Waals surface area contributed by atoms with Crippen LogP contribution in [0.4, 0.5) is 0 Å². The number of ether oxygens (including phenoxy) is 1. The Hall–Kier alpha value is -4.19. The van der Waals surface area contributed by atoms with Crippen LogP contribution in [-0.4, -0.2) is 23.5 Å². The van der Waals surface area contributed by atoms with Crippen molar-refractivity contribution in [3.8, 4) is 0 Å². The van der Waals surface area contributed by atoms with Gasteiger partial charge in [-0.15, -0.1) is 0 Å². The highest BCUT2D eigenvalue weighted by Gasteiger charge is 2.26. The molecule has 2 aromatic heterocycles. The number of amides is 1. The number of nitrogens with one attached hydrogen (secondary N) is 1. The number of furan rings is 1. The maximum atomic E-state index is 13.4. The number of esters is 1. The fraction of sp³-hybridized carbons (Fsp3) is 0.281. The maximum absolute atomic E-state index is 13.4. The summed E-state index contributed by atoms with van der Waals surface area (Å²) in [6.45, 7) is 6.48. The van der Waals surface area contributed by atoms with Crippen molar-refractivity contribution in [3.05, 3.63) is 101 Å². The van der Waals surface area contributed by atoms with Crippen LogP contribution in [0.2, 0.25) is 0 Å². The SMILES string of the molecule is CC(C)(C)c1ccc(C=C2CCCc3c2nc2ccccc2c3C(=O)OCC(=O)NCc2ccco2)cc1. The minimum atomic E-state index is -0.510.